The van der Waals surface area contributed by atoms with Gasteiger partial charge in [0.15, 0.2) is 0 Å². The summed E-state index contributed by atoms with van der Waals surface area (Å²) < 4.78 is 18.5. The predicted molar refractivity (Wildman–Crippen MR) is 41.2 cm³/mol. The first-order chi connectivity index (χ1) is 4.00. The van der Waals surface area contributed by atoms with Crippen molar-refractivity contribution in [3.05, 3.63) is 0 Å². The number of hydrogen-bond donors (Lipinski definition) is 1. The third kappa shape index (κ3) is 2.84. The average molecular weight is 149 g/mol. The molecule has 0 aliphatic carbocycles. The minimum absolute atomic E-state index is 0.0115. The Kier molecular flexibility index (Phi) is 3.18. The minimum Gasteiger partial charge on any atom is -0.253 e. The lowest BCUT2D eigenvalue weighted by molar-refractivity contribution is 0.666. The van der Waals surface area contributed by atoms with E-state index in [1.807, 2.05) is 20.8 Å². The smallest absolute Gasteiger partial charge is 0.0465 e. The van der Waals surface area contributed by atoms with Gasteiger partial charge < -0.3 is 0 Å². The molecule has 0 aromatic carbocycles. The summed E-state index contributed by atoms with van der Waals surface area (Å²) in [7, 11) is -2.25. The molecule has 2 nitrogen and oxygen atoms in total. The monoisotopic (exact) mass is 149 g/mol. The summed E-state index contributed by atoms with van der Waals surface area (Å²) in [6.07, 6.45) is 0.848. The Labute approximate surface area is 57.6 Å². The maximum Gasteiger partial charge on any atom is 0.0465 e. The Balaban J connectivity index is 4.05. The van der Waals surface area contributed by atoms with Gasteiger partial charge in [0.25, 0.3) is 0 Å². The zero-order valence-corrected chi connectivity index (χ0v) is 7.12. The summed E-state index contributed by atoms with van der Waals surface area (Å²) in [5, 5.41) is 0.0115. The van der Waals surface area contributed by atoms with E-state index in [0.29, 0.717) is 5.75 Å². The van der Waals surface area contributed by atoms with Gasteiger partial charge in [0, 0.05) is 20.7 Å². The fourth-order valence-electron chi connectivity index (χ4n) is 0.539. The molecule has 3 heteroatoms. The molecule has 1 unspecified atom stereocenters. The molecule has 0 amide bonds. The first-order valence-electron chi connectivity index (χ1n) is 3.26. The van der Waals surface area contributed by atoms with Crippen molar-refractivity contribution >= 4 is 9.73 Å². The Bertz CT molecular complexity index is 158. The lowest BCUT2D eigenvalue weighted by Crippen LogP contribution is -2.15. The number of rotatable bonds is 3. The molecule has 0 aromatic heterocycles. The molecular weight excluding hydrogens is 134 g/mol. The minimum atomic E-state index is -2.25. The van der Waals surface area contributed by atoms with Gasteiger partial charge in [-0.25, -0.2) is 4.21 Å². The predicted octanol–water partition coefficient (Wildman–Crippen LogP) is 1.85. The second kappa shape index (κ2) is 3.20. The number of nitrogens with one attached hydrogen (secondary N) is 1. The highest BCUT2D eigenvalue weighted by Crippen LogP contribution is 2.02. The summed E-state index contributed by atoms with van der Waals surface area (Å²) in [5.41, 5.74) is 0. The van der Waals surface area contributed by atoms with Crippen LogP contribution in [0.15, 0.2) is 0 Å². The molecule has 0 rings (SSSR count). The summed E-state index contributed by atoms with van der Waals surface area (Å²) in [4.78, 5) is 0. The van der Waals surface area contributed by atoms with E-state index in [2.05, 4.69) is 0 Å². The molecule has 0 spiro atoms. The molecule has 0 saturated carbocycles. The fraction of sp³-hybridized carbons (Fsp3) is 1.00. The van der Waals surface area contributed by atoms with E-state index in [9.17, 15) is 4.21 Å². The van der Waals surface area contributed by atoms with Crippen molar-refractivity contribution in [1.29, 1.82) is 4.78 Å². The van der Waals surface area contributed by atoms with E-state index in [1.54, 1.807) is 0 Å². The van der Waals surface area contributed by atoms with E-state index in [4.69, 9.17) is 4.78 Å². The first kappa shape index (κ1) is 8.95. The molecule has 0 radical (unpaired) electrons. The quantitative estimate of drug-likeness (QED) is 0.653. The average Bonchev–Trinajstić information content (AvgIpc) is 1.65. The van der Waals surface area contributed by atoms with Crippen LogP contribution in [0, 0.1) is 4.78 Å². The van der Waals surface area contributed by atoms with Gasteiger partial charge in [0.2, 0.25) is 0 Å². The van der Waals surface area contributed by atoms with Crippen molar-refractivity contribution in [2.75, 3.05) is 5.75 Å². The molecule has 0 fully saturated rings. The van der Waals surface area contributed by atoms with Crippen LogP contribution < -0.4 is 0 Å². The van der Waals surface area contributed by atoms with Gasteiger partial charge in [-0.15, -0.1) is 0 Å². The maximum absolute atomic E-state index is 11.2. The first-order valence-corrected chi connectivity index (χ1v) is 5.05. The molecule has 0 heterocycles. The highest BCUT2D eigenvalue weighted by atomic mass is 32.2. The molecule has 0 bridgehead atoms. The zero-order valence-electron chi connectivity index (χ0n) is 6.31. The third-order valence-electron chi connectivity index (χ3n) is 1.27. The van der Waals surface area contributed by atoms with E-state index < -0.39 is 9.73 Å². The van der Waals surface area contributed by atoms with Crippen LogP contribution in [0.1, 0.15) is 27.2 Å². The van der Waals surface area contributed by atoms with E-state index >= 15 is 0 Å². The Morgan fingerprint density at radius 1 is 1.56 bits per heavy atom. The largest absolute Gasteiger partial charge is 0.253 e. The van der Waals surface area contributed by atoms with Gasteiger partial charge in [-0.05, 0) is 6.42 Å². The molecule has 0 saturated heterocycles. The van der Waals surface area contributed by atoms with Crippen molar-refractivity contribution in [3.63, 3.8) is 0 Å². The molecule has 0 aromatic rings. The van der Waals surface area contributed by atoms with Gasteiger partial charge in [-0.2, -0.15) is 0 Å². The second-order valence-corrected chi connectivity index (χ2v) is 5.28. The van der Waals surface area contributed by atoms with Crippen molar-refractivity contribution in [2.24, 2.45) is 0 Å². The molecule has 1 N–H and O–H groups in total. The van der Waals surface area contributed by atoms with Crippen molar-refractivity contribution in [2.45, 2.75) is 32.4 Å². The molecule has 9 heavy (non-hydrogen) atoms. The summed E-state index contributed by atoms with van der Waals surface area (Å²) in [6.45, 7) is 5.63. The van der Waals surface area contributed by atoms with Crippen LogP contribution in [0.2, 0.25) is 0 Å². The Hall–Kier alpha value is -0.0500. The van der Waals surface area contributed by atoms with Gasteiger partial charge >= 0.3 is 0 Å². The second-order valence-electron chi connectivity index (χ2n) is 2.48. The molecule has 0 aliphatic rings. The van der Waals surface area contributed by atoms with Crippen LogP contribution in [0.3, 0.4) is 0 Å². The van der Waals surface area contributed by atoms with Gasteiger partial charge in [-0.3, -0.25) is 4.78 Å². The standard InChI is InChI=1S/C6H15NOS/c1-4-5-9(7,8)6(2)3/h6-7H,4-5H2,1-3H3. The van der Waals surface area contributed by atoms with Crippen LogP contribution in [-0.2, 0) is 9.73 Å². The lowest BCUT2D eigenvalue weighted by atomic mass is 10.6. The fourth-order valence-corrected chi connectivity index (χ4v) is 1.62. The zero-order chi connectivity index (χ0) is 7.49. The molecule has 0 aliphatic heterocycles. The van der Waals surface area contributed by atoms with Gasteiger partial charge in [0.05, 0.1) is 0 Å². The van der Waals surface area contributed by atoms with E-state index in [-0.39, 0.29) is 5.25 Å². The Morgan fingerprint density at radius 3 is 2.11 bits per heavy atom. The third-order valence-corrected chi connectivity index (χ3v) is 3.81. The van der Waals surface area contributed by atoms with Crippen LogP contribution in [0.4, 0.5) is 0 Å². The molecular formula is C6H15NOS. The summed E-state index contributed by atoms with van der Waals surface area (Å²) in [6, 6.07) is 0. The topological polar surface area (TPSA) is 40.9 Å². The van der Waals surface area contributed by atoms with E-state index in [0.717, 1.165) is 6.42 Å². The van der Waals surface area contributed by atoms with Crippen LogP contribution in [0.25, 0.3) is 0 Å². The lowest BCUT2D eigenvalue weighted by Gasteiger charge is -2.07. The Morgan fingerprint density at radius 2 is 2.00 bits per heavy atom. The van der Waals surface area contributed by atoms with Crippen LogP contribution in [-0.4, -0.2) is 15.2 Å². The molecule has 1 atom stereocenters. The normalized spacial score (nSPS) is 17.8. The highest BCUT2D eigenvalue weighted by molar-refractivity contribution is 7.92. The maximum atomic E-state index is 11.2. The van der Waals surface area contributed by atoms with Crippen LogP contribution >= 0.6 is 0 Å². The van der Waals surface area contributed by atoms with E-state index in [1.165, 1.54) is 0 Å². The highest BCUT2D eigenvalue weighted by Gasteiger charge is 2.08. The number of hydrogen-bond acceptors (Lipinski definition) is 2. The van der Waals surface area contributed by atoms with Crippen molar-refractivity contribution in [1.82, 2.24) is 0 Å². The SMILES string of the molecule is CCCS(=N)(=O)C(C)C. The van der Waals surface area contributed by atoms with Crippen molar-refractivity contribution < 1.29 is 4.21 Å². The van der Waals surface area contributed by atoms with Gasteiger partial charge in [-0.1, -0.05) is 20.8 Å². The molecule has 56 valence electrons. The van der Waals surface area contributed by atoms with Crippen molar-refractivity contribution in [3.8, 4) is 0 Å². The summed E-state index contributed by atoms with van der Waals surface area (Å²) in [5.74, 6) is 0.546. The van der Waals surface area contributed by atoms with Crippen LogP contribution in [0.5, 0.6) is 0 Å². The summed E-state index contributed by atoms with van der Waals surface area (Å²) >= 11 is 0. The van der Waals surface area contributed by atoms with Gasteiger partial charge in [0.1, 0.15) is 0 Å².